The number of hydrogen-bond donors (Lipinski definition) is 1. The predicted molar refractivity (Wildman–Crippen MR) is 53.4 cm³/mol. The summed E-state index contributed by atoms with van der Waals surface area (Å²) >= 11 is 3.43. The third kappa shape index (κ3) is 1.94. The van der Waals surface area contributed by atoms with Crippen LogP contribution in [-0.2, 0) is 0 Å². The fourth-order valence-corrected chi connectivity index (χ4v) is 1.30. The van der Waals surface area contributed by atoms with Gasteiger partial charge in [-0.05, 0) is 36.7 Å². The van der Waals surface area contributed by atoms with E-state index < -0.39 is 0 Å². The van der Waals surface area contributed by atoms with Crippen LogP contribution in [0.4, 0.5) is 5.82 Å². The summed E-state index contributed by atoms with van der Waals surface area (Å²) < 4.78 is 0.954. The Bertz CT molecular complexity index is 286. The molecule has 1 heterocycles. The minimum absolute atomic E-state index is 0.798. The average molecular weight is 230 g/mol. The molecule has 0 aromatic carbocycles. The van der Waals surface area contributed by atoms with Crippen molar-refractivity contribution >= 4 is 21.7 Å². The molecule has 1 aromatic heterocycles. The fraction of sp³-hybridized carbons (Fsp3) is 0.500. The molecule has 0 aliphatic heterocycles. The molecule has 0 fully saturated rings. The molecule has 0 saturated heterocycles. The van der Waals surface area contributed by atoms with Gasteiger partial charge in [-0.3, -0.25) is 0 Å². The van der Waals surface area contributed by atoms with Gasteiger partial charge in [0.25, 0.3) is 0 Å². The summed E-state index contributed by atoms with van der Waals surface area (Å²) in [5.74, 6) is 1.68. The van der Waals surface area contributed by atoms with E-state index in [-0.39, 0.29) is 0 Å². The van der Waals surface area contributed by atoms with Gasteiger partial charge in [0, 0.05) is 6.54 Å². The number of aryl methyl sites for hydroxylation is 2. The maximum Gasteiger partial charge on any atom is 0.144 e. The number of aromatic nitrogens is 2. The van der Waals surface area contributed by atoms with E-state index in [9.17, 15) is 0 Å². The number of anilines is 1. The minimum atomic E-state index is 0.798. The zero-order valence-electron chi connectivity index (χ0n) is 7.48. The molecule has 1 N–H and O–H groups in total. The van der Waals surface area contributed by atoms with E-state index in [1.165, 1.54) is 0 Å². The summed E-state index contributed by atoms with van der Waals surface area (Å²) in [4.78, 5) is 8.47. The van der Waals surface area contributed by atoms with Gasteiger partial charge in [0.2, 0.25) is 0 Å². The first-order valence-electron chi connectivity index (χ1n) is 3.89. The highest BCUT2D eigenvalue weighted by Crippen LogP contribution is 2.22. The molecule has 66 valence electrons. The van der Waals surface area contributed by atoms with Crippen LogP contribution < -0.4 is 5.32 Å². The lowest BCUT2D eigenvalue weighted by Crippen LogP contribution is -2.04. The zero-order chi connectivity index (χ0) is 9.14. The lowest BCUT2D eigenvalue weighted by molar-refractivity contribution is 0.988. The first kappa shape index (κ1) is 9.45. The van der Waals surface area contributed by atoms with Crippen LogP contribution in [0.1, 0.15) is 18.4 Å². The van der Waals surface area contributed by atoms with Crippen LogP contribution in [0.2, 0.25) is 0 Å². The first-order valence-corrected chi connectivity index (χ1v) is 4.69. The van der Waals surface area contributed by atoms with Gasteiger partial charge in [-0.25, -0.2) is 9.97 Å². The molecule has 0 aliphatic rings. The third-order valence-corrected chi connectivity index (χ3v) is 2.42. The zero-order valence-corrected chi connectivity index (χ0v) is 9.07. The van der Waals surface area contributed by atoms with Gasteiger partial charge in [0.05, 0.1) is 10.2 Å². The van der Waals surface area contributed by atoms with E-state index in [0.29, 0.717) is 0 Å². The monoisotopic (exact) mass is 229 g/mol. The van der Waals surface area contributed by atoms with Crippen molar-refractivity contribution in [3.63, 3.8) is 0 Å². The molecule has 3 nitrogen and oxygen atoms in total. The predicted octanol–water partition coefficient (Wildman–Crippen LogP) is 2.29. The largest absolute Gasteiger partial charge is 0.369 e. The van der Waals surface area contributed by atoms with E-state index in [1.54, 1.807) is 0 Å². The molecule has 1 rings (SSSR count). The van der Waals surface area contributed by atoms with Crippen LogP contribution in [0, 0.1) is 13.8 Å². The summed E-state index contributed by atoms with van der Waals surface area (Å²) in [6, 6.07) is 0. The number of halogens is 1. The van der Waals surface area contributed by atoms with Crippen LogP contribution in [0.5, 0.6) is 0 Å². The van der Waals surface area contributed by atoms with Gasteiger partial charge in [-0.1, -0.05) is 0 Å². The average Bonchev–Trinajstić information content (AvgIpc) is 2.00. The van der Waals surface area contributed by atoms with Gasteiger partial charge >= 0.3 is 0 Å². The highest BCUT2D eigenvalue weighted by molar-refractivity contribution is 9.10. The topological polar surface area (TPSA) is 37.8 Å². The molecule has 0 bridgehead atoms. The highest BCUT2D eigenvalue weighted by Gasteiger charge is 2.05. The molecular formula is C8H12BrN3. The molecule has 0 amide bonds. The number of rotatable bonds is 2. The fourth-order valence-electron chi connectivity index (χ4n) is 0.984. The Kier molecular flexibility index (Phi) is 3.03. The van der Waals surface area contributed by atoms with Crippen molar-refractivity contribution in [3.05, 3.63) is 16.0 Å². The quantitative estimate of drug-likeness (QED) is 0.846. The van der Waals surface area contributed by atoms with Crippen molar-refractivity contribution in [2.75, 3.05) is 11.9 Å². The van der Waals surface area contributed by atoms with Crippen molar-refractivity contribution in [2.24, 2.45) is 0 Å². The Labute approximate surface area is 80.7 Å². The molecular weight excluding hydrogens is 218 g/mol. The van der Waals surface area contributed by atoms with E-state index in [2.05, 4.69) is 31.2 Å². The van der Waals surface area contributed by atoms with E-state index in [1.807, 2.05) is 20.8 Å². The number of nitrogens with zero attached hydrogens (tertiary/aromatic N) is 2. The minimum Gasteiger partial charge on any atom is -0.369 e. The molecule has 12 heavy (non-hydrogen) atoms. The van der Waals surface area contributed by atoms with Crippen molar-refractivity contribution in [1.82, 2.24) is 9.97 Å². The van der Waals surface area contributed by atoms with Gasteiger partial charge < -0.3 is 5.32 Å². The molecule has 4 heteroatoms. The molecule has 0 unspecified atom stereocenters. The molecule has 0 spiro atoms. The third-order valence-electron chi connectivity index (χ3n) is 1.47. The Balaban J connectivity index is 3.09. The SMILES string of the molecule is CCNc1nc(C)nc(C)c1Br. The maximum absolute atomic E-state index is 4.25. The van der Waals surface area contributed by atoms with E-state index in [4.69, 9.17) is 0 Å². The summed E-state index contributed by atoms with van der Waals surface area (Å²) in [5, 5.41) is 3.16. The van der Waals surface area contributed by atoms with Crippen LogP contribution in [-0.4, -0.2) is 16.5 Å². The summed E-state index contributed by atoms with van der Waals surface area (Å²) in [5.41, 5.74) is 0.971. The van der Waals surface area contributed by atoms with Crippen molar-refractivity contribution in [1.29, 1.82) is 0 Å². The molecule has 0 saturated carbocycles. The van der Waals surface area contributed by atoms with E-state index in [0.717, 1.165) is 28.4 Å². The van der Waals surface area contributed by atoms with Crippen molar-refractivity contribution in [3.8, 4) is 0 Å². The summed E-state index contributed by atoms with van der Waals surface area (Å²) in [7, 11) is 0. The van der Waals surface area contributed by atoms with Crippen LogP contribution in [0.3, 0.4) is 0 Å². The Morgan fingerprint density at radius 2 is 2.00 bits per heavy atom. The molecule has 0 radical (unpaired) electrons. The lowest BCUT2D eigenvalue weighted by Gasteiger charge is -2.07. The summed E-state index contributed by atoms with van der Waals surface area (Å²) in [6.45, 7) is 6.76. The molecule has 0 atom stereocenters. The van der Waals surface area contributed by atoms with Gasteiger partial charge in [-0.15, -0.1) is 0 Å². The van der Waals surface area contributed by atoms with Gasteiger partial charge in [0.15, 0.2) is 0 Å². The smallest absolute Gasteiger partial charge is 0.144 e. The summed E-state index contributed by atoms with van der Waals surface area (Å²) in [6.07, 6.45) is 0. The van der Waals surface area contributed by atoms with Crippen LogP contribution in [0.25, 0.3) is 0 Å². The normalized spacial score (nSPS) is 10.0. The Morgan fingerprint density at radius 1 is 1.33 bits per heavy atom. The molecule has 1 aromatic rings. The second-order valence-corrected chi connectivity index (χ2v) is 3.34. The Morgan fingerprint density at radius 3 is 2.58 bits per heavy atom. The first-order chi connectivity index (χ1) is 5.65. The lowest BCUT2D eigenvalue weighted by atomic mass is 10.4. The van der Waals surface area contributed by atoms with Crippen molar-refractivity contribution < 1.29 is 0 Å². The molecule has 0 aliphatic carbocycles. The second-order valence-electron chi connectivity index (χ2n) is 2.55. The maximum atomic E-state index is 4.25. The number of nitrogens with one attached hydrogen (secondary N) is 1. The highest BCUT2D eigenvalue weighted by atomic mass is 79.9. The van der Waals surface area contributed by atoms with Gasteiger partial charge in [0.1, 0.15) is 11.6 Å². The second kappa shape index (κ2) is 3.85. The standard InChI is InChI=1S/C8H12BrN3/c1-4-10-8-7(9)5(2)11-6(3)12-8/h4H2,1-3H3,(H,10,11,12). The van der Waals surface area contributed by atoms with E-state index >= 15 is 0 Å². The van der Waals surface area contributed by atoms with Crippen LogP contribution >= 0.6 is 15.9 Å². The van der Waals surface area contributed by atoms with Crippen molar-refractivity contribution in [2.45, 2.75) is 20.8 Å². The Hall–Kier alpha value is -0.640. The van der Waals surface area contributed by atoms with Gasteiger partial charge in [-0.2, -0.15) is 0 Å². The van der Waals surface area contributed by atoms with Crippen LogP contribution in [0.15, 0.2) is 4.47 Å². The number of hydrogen-bond acceptors (Lipinski definition) is 3.